The molecule has 0 fully saturated rings. The number of rotatable bonds is 5. The van der Waals surface area contributed by atoms with Gasteiger partial charge in [0.15, 0.2) is 17.3 Å². The van der Waals surface area contributed by atoms with Crippen LogP contribution in [0.15, 0.2) is 47.3 Å². The Hall–Kier alpha value is -2.90. The quantitative estimate of drug-likeness (QED) is 0.501. The van der Waals surface area contributed by atoms with Crippen molar-refractivity contribution in [2.75, 3.05) is 13.7 Å². The zero-order valence-corrected chi connectivity index (χ0v) is 16.8. The maximum atomic E-state index is 13.0. The third-order valence-corrected chi connectivity index (χ3v) is 5.44. The summed E-state index contributed by atoms with van der Waals surface area (Å²) in [5.74, 6) is 1.71. The molecule has 0 aliphatic rings. The van der Waals surface area contributed by atoms with Gasteiger partial charge in [0.25, 0.3) is 5.56 Å². The van der Waals surface area contributed by atoms with Gasteiger partial charge in [0.1, 0.15) is 0 Å². The molecule has 142 valence electrons. The molecule has 2 heterocycles. The molecule has 0 unspecified atom stereocenters. The molecule has 28 heavy (non-hydrogen) atoms. The monoisotopic (exact) mass is 413 g/mol. The van der Waals surface area contributed by atoms with Gasteiger partial charge in [0.05, 0.1) is 23.3 Å². The van der Waals surface area contributed by atoms with Crippen LogP contribution in [-0.2, 0) is 0 Å². The van der Waals surface area contributed by atoms with Crippen LogP contribution in [0.4, 0.5) is 0 Å². The third-order valence-electron chi connectivity index (χ3n) is 4.15. The minimum Gasteiger partial charge on any atom is -0.493 e. The summed E-state index contributed by atoms with van der Waals surface area (Å²) < 4.78 is 12.9. The largest absolute Gasteiger partial charge is 0.493 e. The van der Waals surface area contributed by atoms with Gasteiger partial charge in [-0.1, -0.05) is 41.1 Å². The average molecular weight is 414 g/mol. The second-order valence-corrected chi connectivity index (χ2v) is 7.30. The third kappa shape index (κ3) is 3.23. The molecule has 0 N–H and O–H groups in total. The van der Waals surface area contributed by atoms with E-state index in [0.29, 0.717) is 44.0 Å². The van der Waals surface area contributed by atoms with E-state index in [1.807, 2.05) is 43.3 Å². The summed E-state index contributed by atoms with van der Waals surface area (Å²) in [7, 11) is 1.58. The summed E-state index contributed by atoms with van der Waals surface area (Å²) in [6, 6.07) is 12.8. The Morgan fingerprint density at radius 1 is 1.18 bits per heavy atom. The Morgan fingerprint density at radius 2 is 2.00 bits per heavy atom. The Balaban J connectivity index is 1.84. The summed E-state index contributed by atoms with van der Waals surface area (Å²) in [5, 5.41) is 8.80. The second-order valence-electron chi connectivity index (χ2n) is 5.88. The highest BCUT2D eigenvalue weighted by Gasteiger charge is 2.16. The topological polar surface area (TPSA) is 65.7 Å². The molecular formula is C20H16ClN3O3S. The average Bonchev–Trinajstić information content (AvgIpc) is 3.24. The number of aromatic nitrogens is 3. The van der Waals surface area contributed by atoms with Gasteiger partial charge in [-0.3, -0.25) is 4.79 Å². The van der Waals surface area contributed by atoms with Crippen LogP contribution >= 0.6 is 22.9 Å². The molecule has 0 atom stereocenters. The van der Waals surface area contributed by atoms with Crippen molar-refractivity contribution in [3.63, 3.8) is 0 Å². The highest BCUT2D eigenvalue weighted by Crippen LogP contribution is 2.28. The van der Waals surface area contributed by atoms with E-state index >= 15 is 0 Å². The highest BCUT2D eigenvalue weighted by atomic mass is 35.5. The lowest BCUT2D eigenvalue weighted by Crippen LogP contribution is -2.23. The predicted molar refractivity (Wildman–Crippen MR) is 111 cm³/mol. The van der Waals surface area contributed by atoms with Gasteiger partial charge in [-0.05, 0) is 42.8 Å². The first kappa shape index (κ1) is 18.5. The van der Waals surface area contributed by atoms with Crippen LogP contribution < -0.4 is 19.6 Å². The molecule has 2 aromatic heterocycles. The molecule has 4 rings (SSSR count). The maximum absolute atomic E-state index is 13.0. The smallest absolute Gasteiger partial charge is 0.276 e. The van der Waals surface area contributed by atoms with Gasteiger partial charge >= 0.3 is 0 Å². The second kappa shape index (κ2) is 7.61. The standard InChI is InChI=1S/C20H16ClN3O3S/c1-3-27-15-9-8-12(10-16(15)26-2)11-17-19(25)24-18(22-23-20(24)28-17)13-6-4-5-7-14(13)21/h4-11H,3H2,1-2H3/b17-11-. The van der Waals surface area contributed by atoms with Gasteiger partial charge in [0.2, 0.25) is 4.96 Å². The van der Waals surface area contributed by atoms with Gasteiger partial charge < -0.3 is 9.47 Å². The van der Waals surface area contributed by atoms with Crippen molar-refractivity contribution in [2.45, 2.75) is 6.92 Å². The number of nitrogens with zero attached hydrogens (tertiary/aromatic N) is 3. The van der Waals surface area contributed by atoms with E-state index in [0.717, 1.165) is 5.56 Å². The van der Waals surface area contributed by atoms with E-state index in [2.05, 4.69) is 10.2 Å². The first-order chi connectivity index (χ1) is 13.6. The van der Waals surface area contributed by atoms with Crippen LogP contribution in [0, 0.1) is 0 Å². The van der Waals surface area contributed by atoms with Crippen molar-refractivity contribution in [3.05, 3.63) is 67.9 Å². The summed E-state index contributed by atoms with van der Waals surface area (Å²) in [4.78, 5) is 13.5. The van der Waals surface area contributed by atoms with E-state index in [1.54, 1.807) is 19.3 Å². The molecule has 0 amide bonds. The normalized spacial score (nSPS) is 11.9. The molecule has 0 spiro atoms. The summed E-state index contributed by atoms with van der Waals surface area (Å²) in [6.07, 6.45) is 1.80. The zero-order chi connectivity index (χ0) is 19.7. The van der Waals surface area contributed by atoms with Crippen molar-refractivity contribution in [2.24, 2.45) is 0 Å². The Labute approximate surface area is 169 Å². The van der Waals surface area contributed by atoms with E-state index in [9.17, 15) is 4.79 Å². The van der Waals surface area contributed by atoms with Crippen LogP contribution in [0.3, 0.4) is 0 Å². The zero-order valence-electron chi connectivity index (χ0n) is 15.2. The van der Waals surface area contributed by atoms with Crippen molar-refractivity contribution < 1.29 is 9.47 Å². The van der Waals surface area contributed by atoms with E-state index in [4.69, 9.17) is 21.1 Å². The molecule has 4 aromatic rings. The number of hydrogen-bond acceptors (Lipinski definition) is 6. The first-order valence-electron chi connectivity index (χ1n) is 8.57. The fourth-order valence-electron chi connectivity index (χ4n) is 2.88. The molecule has 2 aromatic carbocycles. The van der Waals surface area contributed by atoms with Crippen molar-refractivity contribution >= 4 is 34.0 Å². The van der Waals surface area contributed by atoms with Gasteiger partial charge in [-0.2, -0.15) is 0 Å². The molecular weight excluding hydrogens is 398 g/mol. The molecule has 8 heteroatoms. The number of hydrogen-bond donors (Lipinski definition) is 0. The molecule has 0 aliphatic heterocycles. The number of thiazole rings is 1. The highest BCUT2D eigenvalue weighted by molar-refractivity contribution is 7.15. The molecule has 0 bridgehead atoms. The number of halogens is 1. The number of benzene rings is 2. The first-order valence-corrected chi connectivity index (χ1v) is 9.77. The van der Waals surface area contributed by atoms with Crippen LogP contribution in [0.25, 0.3) is 22.4 Å². The lowest BCUT2D eigenvalue weighted by Gasteiger charge is -2.09. The maximum Gasteiger partial charge on any atom is 0.276 e. The van der Waals surface area contributed by atoms with Gasteiger partial charge in [0, 0.05) is 5.56 Å². The Bertz CT molecular complexity index is 1270. The lowest BCUT2D eigenvalue weighted by atomic mass is 10.2. The SMILES string of the molecule is CCOc1ccc(/C=c2\sc3nnc(-c4ccccc4Cl)n3c2=O)cc1OC. The van der Waals surface area contributed by atoms with E-state index in [1.165, 1.54) is 15.7 Å². The fourth-order valence-corrected chi connectivity index (χ4v) is 4.01. The van der Waals surface area contributed by atoms with Gasteiger partial charge in [-0.25, -0.2) is 4.40 Å². The Kier molecular flexibility index (Phi) is 5.02. The van der Waals surface area contributed by atoms with Crippen molar-refractivity contribution in [3.8, 4) is 22.9 Å². The molecule has 0 aliphatic carbocycles. The van der Waals surface area contributed by atoms with Gasteiger partial charge in [-0.15, -0.1) is 10.2 Å². The number of methoxy groups -OCH3 is 1. The summed E-state index contributed by atoms with van der Waals surface area (Å²) in [5.41, 5.74) is 1.31. The molecule has 0 saturated carbocycles. The minimum absolute atomic E-state index is 0.187. The Morgan fingerprint density at radius 3 is 2.75 bits per heavy atom. The summed E-state index contributed by atoms with van der Waals surface area (Å²) in [6.45, 7) is 2.46. The predicted octanol–water partition coefficient (Wildman–Crippen LogP) is 3.43. The molecule has 0 saturated heterocycles. The molecule has 6 nitrogen and oxygen atoms in total. The van der Waals surface area contributed by atoms with Crippen LogP contribution in [-0.4, -0.2) is 28.3 Å². The summed E-state index contributed by atoms with van der Waals surface area (Å²) >= 11 is 7.54. The minimum atomic E-state index is -0.187. The lowest BCUT2D eigenvalue weighted by molar-refractivity contribution is 0.311. The number of ether oxygens (including phenoxy) is 2. The van der Waals surface area contributed by atoms with E-state index < -0.39 is 0 Å². The van der Waals surface area contributed by atoms with E-state index in [-0.39, 0.29) is 5.56 Å². The van der Waals surface area contributed by atoms with Crippen LogP contribution in [0.2, 0.25) is 5.02 Å². The van der Waals surface area contributed by atoms with Crippen LogP contribution in [0.5, 0.6) is 11.5 Å². The molecule has 0 radical (unpaired) electrons. The van der Waals surface area contributed by atoms with Crippen LogP contribution in [0.1, 0.15) is 12.5 Å². The van der Waals surface area contributed by atoms with Crippen molar-refractivity contribution in [1.29, 1.82) is 0 Å². The van der Waals surface area contributed by atoms with Crippen molar-refractivity contribution in [1.82, 2.24) is 14.6 Å². The fraction of sp³-hybridized carbons (Fsp3) is 0.150. The number of fused-ring (bicyclic) bond motifs is 1.